The maximum atomic E-state index is 14.7. The molecule has 7 nitrogen and oxygen atoms in total. The number of nitrogens with zero attached hydrogens (tertiary/aromatic N) is 4. The molecular formula is C24H28FN5O2. The Balaban J connectivity index is 1.64. The predicted molar refractivity (Wildman–Crippen MR) is 122 cm³/mol. The quantitative estimate of drug-likeness (QED) is 0.628. The molecule has 0 aliphatic carbocycles. The number of hydrogen-bond donors (Lipinski definition) is 1. The van der Waals surface area contributed by atoms with Gasteiger partial charge in [0.25, 0.3) is 0 Å². The van der Waals surface area contributed by atoms with Gasteiger partial charge in [-0.1, -0.05) is 6.92 Å². The minimum Gasteiger partial charge on any atom is -0.377 e. The minimum absolute atomic E-state index is 0.0333. The third-order valence-corrected chi connectivity index (χ3v) is 5.81. The SMILES string of the molecule is CCO[C@@H]1CCN(C(=O)Nc2cc(-c3cc4cnc(CC)nc4nc3C)c(C)cc2F)C1. The first kappa shape index (κ1) is 22.1. The molecule has 3 aromatic rings. The Bertz CT molecular complexity index is 1170. The van der Waals surface area contributed by atoms with Gasteiger partial charge in [-0.2, -0.15) is 0 Å². The number of urea groups is 1. The van der Waals surface area contributed by atoms with Gasteiger partial charge in [0.05, 0.1) is 11.8 Å². The van der Waals surface area contributed by atoms with Gasteiger partial charge in [0.15, 0.2) is 5.65 Å². The van der Waals surface area contributed by atoms with Crippen LogP contribution in [-0.2, 0) is 11.2 Å². The molecule has 1 N–H and O–H groups in total. The van der Waals surface area contributed by atoms with E-state index in [2.05, 4.69) is 20.3 Å². The number of nitrogens with one attached hydrogen (secondary N) is 1. The van der Waals surface area contributed by atoms with Crippen LogP contribution >= 0.6 is 0 Å². The van der Waals surface area contributed by atoms with Crippen LogP contribution in [0.3, 0.4) is 0 Å². The summed E-state index contributed by atoms with van der Waals surface area (Å²) in [4.78, 5) is 27.9. The highest BCUT2D eigenvalue weighted by Gasteiger charge is 2.27. The van der Waals surface area contributed by atoms with Gasteiger partial charge in [-0.25, -0.2) is 24.1 Å². The van der Waals surface area contributed by atoms with Crippen molar-refractivity contribution in [2.75, 3.05) is 25.0 Å². The molecule has 1 aliphatic heterocycles. The number of likely N-dealkylation sites (tertiary alicyclic amines) is 1. The summed E-state index contributed by atoms with van der Waals surface area (Å²) in [5.41, 5.74) is 3.99. The number of aromatic nitrogens is 3. The molecule has 0 bridgehead atoms. The summed E-state index contributed by atoms with van der Waals surface area (Å²) in [6, 6.07) is 4.76. The summed E-state index contributed by atoms with van der Waals surface area (Å²) >= 11 is 0. The molecule has 4 rings (SSSR count). The van der Waals surface area contributed by atoms with E-state index in [-0.39, 0.29) is 17.8 Å². The summed E-state index contributed by atoms with van der Waals surface area (Å²) in [7, 11) is 0. The van der Waals surface area contributed by atoms with Crippen LogP contribution in [0.1, 0.15) is 37.4 Å². The van der Waals surface area contributed by atoms with Crippen molar-refractivity contribution in [3.05, 3.63) is 47.3 Å². The third-order valence-electron chi connectivity index (χ3n) is 5.81. The number of hydrogen-bond acceptors (Lipinski definition) is 5. The van der Waals surface area contributed by atoms with Crippen LogP contribution in [0.5, 0.6) is 0 Å². The van der Waals surface area contributed by atoms with E-state index in [0.29, 0.717) is 25.3 Å². The summed E-state index contributed by atoms with van der Waals surface area (Å²) in [6.45, 7) is 9.39. The van der Waals surface area contributed by atoms with Crippen molar-refractivity contribution >= 4 is 22.8 Å². The van der Waals surface area contributed by atoms with Gasteiger partial charge < -0.3 is 15.0 Å². The highest BCUT2D eigenvalue weighted by molar-refractivity contribution is 5.91. The zero-order valence-corrected chi connectivity index (χ0v) is 18.9. The van der Waals surface area contributed by atoms with E-state index in [1.165, 1.54) is 6.07 Å². The Hall–Kier alpha value is -3.13. The van der Waals surface area contributed by atoms with Gasteiger partial charge in [-0.15, -0.1) is 0 Å². The van der Waals surface area contributed by atoms with Crippen LogP contribution in [0.25, 0.3) is 22.2 Å². The smallest absolute Gasteiger partial charge is 0.322 e. The molecule has 0 radical (unpaired) electrons. The number of fused-ring (bicyclic) bond motifs is 1. The molecule has 0 saturated carbocycles. The van der Waals surface area contributed by atoms with Crippen molar-refractivity contribution in [3.8, 4) is 11.1 Å². The molecule has 32 heavy (non-hydrogen) atoms. The molecule has 1 saturated heterocycles. The van der Waals surface area contributed by atoms with E-state index in [1.54, 1.807) is 17.2 Å². The Morgan fingerprint density at radius 2 is 2.03 bits per heavy atom. The van der Waals surface area contributed by atoms with Crippen LogP contribution in [0.4, 0.5) is 14.9 Å². The first-order valence-corrected chi connectivity index (χ1v) is 11.0. The van der Waals surface area contributed by atoms with Gasteiger partial charge >= 0.3 is 6.03 Å². The lowest BCUT2D eigenvalue weighted by Gasteiger charge is -2.19. The molecule has 1 aromatic carbocycles. The van der Waals surface area contributed by atoms with Crippen LogP contribution < -0.4 is 5.32 Å². The second kappa shape index (κ2) is 9.16. The van der Waals surface area contributed by atoms with Gasteiger partial charge in [0, 0.05) is 49.0 Å². The monoisotopic (exact) mass is 437 g/mol. The number of carbonyl (C=O) groups excluding carboxylic acids is 1. The molecule has 1 fully saturated rings. The van der Waals surface area contributed by atoms with Crippen molar-refractivity contribution in [1.82, 2.24) is 19.9 Å². The van der Waals surface area contributed by atoms with Gasteiger partial charge in [-0.05, 0) is 56.5 Å². The number of ether oxygens (including phenoxy) is 1. The van der Waals surface area contributed by atoms with E-state index in [1.807, 2.05) is 33.8 Å². The first-order chi connectivity index (χ1) is 15.4. The Morgan fingerprint density at radius 3 is 2.78 bits per heavy atom. The second-order valence-corrected chi connectivity index (χ2v) is 8.06. The molecule has 3 heterocycles. The lowest BCUT2D eigenvalue weighted by Crippen LogP contribution is -2.34. The zero-order chi connectivity index (χ0) is 22.8. The fraction of sp³-hybridized carbons (Fsp3) is 0.417. The van der Waals surface area contributed by atoms with E-state index in [9.17, 15) is 9.18 Å². The van der Waals surface area contributed by atoms with Crippen molar-refractivity contribution in [1.29, 1.82) is 0 Å². The number of pyridine rings is 1. The maximum absolute atomic E-state index is 14.7. The van der Waals surface area contributed by atoms with Gasteiger partial charge in [-0.3, -0.25) is 0 Å². The maximum Gasteiger partial charge on any atom is 0.322 e. The Labute approximate surface area is 187 Å². The van der Waals surface area contributed by atoms with Crippen molar-refractivity contribution in [2.45, 2.75) is 46.6 Å². The van der Waals surface area contributed by atoms with Crippen LogP contribution in [0.2, 0.25) is 0 Å². The molecule has 168 valence electrons. The predicted octanol–water partition coefficient (Wildman–Crippen LogP) is 4.65. The van der Waals surface area contributed by atoms with Crippen LogP contribution in [0.15, 0.2) is 24.4 Å². The minimum atomic E-state index is -0.470. The number of rotatable bonds is 5. The standard InChI is InChI=1S/C24H28FN5O2/c1-5-22-26-12-16-10-19(15(4)27-23(16)29-22)18-11-21(20(25)9-14(18)3)28-24(31)30-8-7-17(13-30)32-6-2/h9-12,17H,5-8,13H2,1-4H3,(H,28,31)/t17-/m1/s1. The molecule has 8 heteroatoms. The summed E-state index contributed by atoms with van der Waals surface area (Å²) in [5, 5.41) is 3.55. The summed E-state index contributed by atoms with van der Waals surface area (Å²) in [5.74, 6) is 0.274. The third kappa shape index (κ3) is 4.41. The number of halogens is 1. The second-order valence-electron chi connectivity index (χ2n) is 8.06. The number of carbonyl (C=O) groups is 1. The normalized spacial score (nSPS) is 16.0. The van der Waals surface area contributed by atoms with E-state index in [0.717, 1.165) is 46.4 Å². The Kier molecular flexibility index (Phi) is 6.32. The zero-order valence-electron chi connectivity index (χ0n) is 18.9. The molecule has 1 aliphatic rings. The average Bonchev–Trinajstić information content (AvgIpc) is 3.24. The highest BCUT2D eigenvalue weighted by Crippen LogP contribution is 2.32. The average molecular weight is 438 g/mol. The first-order valence-electron chi connectivity index (χ1n) is 11.0. The number of anilines is 1. The number of aryl methyl sites for hydroxylation is 3. The Morgan fingerprint density at radius 1 is 1.22 bits per heavy atom. The molecule has 0 unspecified atom stereocenters. The topological polar surface area (TPSA) is 80.2 Å². The molecule has 1 atom stereocenters. The van der Waals surface area contributed by atoms with E-state index >= 15 is 0 Å². The lowest BCUT2D eigenvalue weighted by atomic mass is 9.97. The molecule has 2 amide bonds. The lowest BCUT2D eigenvalue weighted by molar-refractivity contribution is 0.0716. The van der Waals surface area contributed by atoms with Crippen molar-refractivity contribution < 1.29 is 13.9 Å². The van der Waals surface area contributed by atoms with Crippen LogP contribution in [-0.4, -0.2) is 51.7 Å². The van der Waals surface area contributed by atoms with E-state index < -0.39 is 5.82 Å². The van der Waals surface area contributed by atoms with Crippen molar-refractivity contribution in [3.63, 3.8) is 0 Å². The van der Waals surface area contributed by atoms with Crippen molar-refractivity contribution in [2.24, 2.45) is 0 Å². The fourth-order valence-corrected chi connectivity index (χ4v) is 4.07. The number of amides is 2. The molecule has 2 aromatic heterocycles. The summed E-state index contributed by atoms with van der Waals surface area (Å²) in [6.07, 6.45) is 3.32. The molecule has 0 spiro atoms. The highest BCUT2D eigenvalue weighted by atomic mass is 19.1. The van der Waals surface area contributed by atoms with Gasteiger partial charge in [0.1, 0.15) is 11.6 Å². The van der Waals surface area contributed by atoms with E-state index in [4.69, 9.17) is 4.74 Å². The largest absolute Gasteiger partial charge is 0.377 e. The van der Waals surface area contributed by atoms with Gasteiger partial charge in [0.2, 0.25) is 0 Å². The summed E-state index contributed by atoms with van der Waals surface area (Å²) < 4.78 is 20.3. The number of benzene rings is 1. The fourth-order valence-electron chi connectivity index (χ4n) is 4.07. The van der Waals surface area contributed by atoms with Crippen LogP contribution in [0, 0.1) is 19.7 Å². The molecular weight excluding hydrogens is 409 g/mol.